The Morgan fingerprint density at radius 2 is 1.68 bits per heavy atom. The second-order valence-corrected chi connectivity index (χ2v) is 12.2. The van der Waals surface area contributed by atoms with Gasteiger partial charge in [-0.15, -0.1) is 0 Å². The van der Waals surface area contributed by atoms with Crippen molar-refractivity contribution in [1.82, 2.24) is 10.2 Å². The topological polar surface area (TPSA) is 80.3 Å². The Balaban J connectivity index is 1.32. The van der Waals surface area contributed by atoms with Crippen LogP contribution in [0, 0.1) is 0 Å². The summed E-state index contributed by atoms with van der Waals surface area (Å²) in [7, 11) is 1.68. The highest BCUT2D eigenvalue weighted by Crippen LogP contribution is 2.36. The molecule has 0 spiro atoms. The van der Waals surface area contributed by atoms with Crippen molar-refractivity contribution >= 4 is 46.3 Å². The second kappa shape index (κ2) is 15.5. The molecule has 0 saturated heterocycles. The van der Waals surface area contributed by atoms with Crippen LogP contribution in [-0.4, -0.2) is 68.1 Å². The van der Waals surface area contributed by atoms with E-state index in [9.17, 15) is 9.90 Å². The second-order valence-electron chi connectivity index (χ2n) is 10.9. The fraction of sp³-hybridized carbons (Fsp3) is 0.382. The number of carbonyl (C=O) groups is 1. The molecule has 1 aliphatic heterocycles. The first-order chi connectivity index (χ1) is 21.4. The third-order valence-electron chi connectivity index (χ3n) is 7.87. The van der Waals surface area contributed by atoms with E-state index in [0.717, 1.165) is 41.5 Å². The predicted octanol–water partition coefficient (Wildman–Crippen LogP) is 6.59. The van der Waals surface area contributed by atoms with Crippen molar-refractivity contribution in [3.8, 4) is 11.5 Å². The number of hydrogen-bond acceptors (Lipinski definition) is 6. The zero-order chi connectivity index (χ0) is 31.1. The highest BCUT2D eigenvalue weighted by molar-refractivity contribution is 6.37. The van der Waals surface area contributed by atoms with Crippen LogP contribution in [0.25, 0.3) is 5.57 Å². The van der Waals surface area contributed by atoms with Crippen LogP contribution in [-0.2, 0) is 22.5 Å². The van der Waals surface area contributed by atoms with Gasteiger partial charge in [0.15, 0.2) is 5.75 Å². The number of hydrogen-bond donors (Lipinski definition) is 2. The summed E-state index contributed by atoms with van der Waals surface area (Å²) in [6, 6.07) is 18.5. The summed E-state index contributed by atoms with van der Waals surface area (Å²) in [6.07, 6.45) is 3.33. The van der Waals surface area contributed by atoms with Gasteiger partial charge >= 0.3 is 0 Å². The van der Waals surface area contributed by atoms with Gasteiger partial charge in [-0.2, -0.15) is 0 Å². The molecule has 0 aromatic heterocycles. The monoisotopic (exact) mass is 658 g/mol. The molecule has 2 N–H and O–H groups in total. The van der Waals surface area contributed by atoms with Crippen molar-refractivity contribution in [2.75, 3.05) is 40.1 Å². The van der Waals surface area contributed by atoms with E-state index < -0.39 is 6.04 Å². The number of amides is 1. The smallest absolute Gasteiger partial charge is 0.252 e. The molecule has 10 heteroatoms. The molecule has 3 aromatic rings. The highest BCUT2D eigenvalue weighted by Gasteiger charge is 2.38. The van der Waals surface area contributed by atoms with E-state index in [0.29, 0.717) is 64.9 Å². The van der Waals surface area contributed by atoms with Crippen molar-refractivity contribution in [3.05, 3.63) is 98.0 Å². The minimum absolute atomic E-state index is 0.0668. The lowest BCUT2D eigenvalue weighted by Gasteiger charge is -2.33. The number of nitrogens with one attached hydrogen (secondary N) is 1. The number of nitrogens with zero attached hydrogens (tertiary/aromatic N) is 1. The number of methoxy groups -OCH3 is 1. The molecule has 7 nitrogen and oxygen atoms in total. The number of ether oxygens (including phenoxy) is 3. The maximum Gasteiger partial charge on any atom is 0.252 e. The highest BCUT2D eigenvalue weighted by atomic mass is 35.5. The summed E-state index contributed by atoms with van der Waals surface area (Å²) in [4.78, 5) is 16.2. The van der Waals surface area contributed by atoms with Gasteiger partial charge in [-0.05, 0) is 84.8 Å². The number of aliphatic hydroxyl groups excluding tert-OH is 1. The molecule has 3 aromatic carbocycles. The quantitative estimate of drug-likeness (QED) is 0.190. The molecule has 1 atom stereocenters. The molecule has 44 heavy (non-hydrogen) atoms. The van der Waals surface area contributed by atoms with E-state index in [2.05, 4.69) is 11.4 Å². The van der Waals surface area contributed by atoms with Crippen LogP contribution in [0.4, 0.5) is 0 Å². The lowest BCUT2D eigenvalue weighted by molar-refractivity contribution is -0.128. The summed E-state index contributed by atoms with van der Waals surface area (Å²) in [5.74, 6) is 1.04. The number of para-hydroxylation sites is 1. The van der Waals surface area contributed by atoms with Gasteiger partial charge in [0.05, 0.1) is 29.3 Å². The van der Waals surface area contributed by atoms with Gasteiger partial charge in [0.1, 0.15) is 19.0 Å². The Labute approximate surface area is 273 Å². The van der Waals surface area contributed by atoms with Crippen LogP contribution in [0.15, 0.2) is 66.2 Å². The van der Waals surface area contributed by atoms with Gasteiger partial charge in [0.2, 0.25) is 0 Å². The van der Waals surface area contributed by atoms with E-state index >= 15 is 0 Å². The number of rotatable bonds is 14. The molecule has 5 rings (SSSR count). The molecule has 0 radical (unpaired) electrons. The molecule has 0 unspecified atom stereocenters. The average Bonchev–Trinajstić information content (AvgIpc) is 3.88. The molecule has 234 valence electrons. The summed E-state index contributed by atoms with van der Waals surface area (Å²) in [6.45, 7) is 2.08. The molecule has 1 aliphatic carbocycles. The van der Waals surface area contributed by atoms with Gasteiger partial charge in [-0.3, -0.25) is 4.79 Å². The maximum absolute atomic E-state index is 14.3. The Kier molecular flexibility index (Phi) is 11.5. The minimum atomic E-state index is -0.458. The number of halogens is 3. The Morgan fingerprint density at radius 3 is 2.36 bits per heavy atom. The van der Waals surface area contributed by atoms with Crippen LogP contribution in [0.5, 0.6) is 11.5 Å². The number of benzene rings is 3. The number of carbonyl (C=O) groups excluding carboxylic acids is 1. The maximum atomic E-state index is 14.3. The first-order valence-corrected chi connectivity index (χ1v) is 16.0. The van der Waals surface area contributed by atoms with E-state index in [1.807, 2.05) is 41.3 Å². The summed E-state index contributed by atoms with van der Waals surface area (Å²) in [5.41, 5.74) is 4.49. The molecular weight excluding hydrogens is 623 g/mol. The van der Waals surface area contributed by atoms with E-state index in [-0.39, 0.29) is 25.2 Å². The fourth-order valence-electron chi connectivity index (χ4n) is 5.44. The fourth-order valence-corrected chi connectivity index (χ4v) is 6.13. The van der Waals surface area contributed by atoms with Gasteiger partial charge in [0, 0.05) is 30.3 Å². The zero-order valence-corrected chi connectivity index (χ0v) is 26.9. The van der Waals surface area contributed by atoms with Crippen molar-refractivity contribution < 1.29 is 24.1 Å². The first-order valence-electron chi connectivity index (χ1n) is 14.8. The molecule has 1 saturated carbocycles. The van der Waals surface area contributed by atoms with Gasteiger partial charge in [-0.25, -0.2) is 0 Å². The van der Waals surface area contributed by atoms with Crippen LogP contribution in [0.3, 0.4) is 0 Å². The Morgan fingerprint density at radius 1 is 0.955 bits per heavy atom. The van der Waals surface area contributed by atoms with Gasteiger partial charge < -0.3 is 29.5 Å². The van der Waals surface area contributed by atoms with Gasteiger partial charge in [0.25, 0.3) is 5.91 Å². The van der Waals surface area contributed by atoms with Crippen LogP contribution < -0.4 is 14.8 Å². The molecular formula is C34H37Cl3N2O5. The molecule has 0 bridgehead atoms. The zero-order valence-electron chi connectivity index (χ0n) is 24.7. The Hall–Kier alpha value is -2.78. The average molecular weight is 660 g/mol. The van der Waals surface area contributed by atoms with E-state index in [4.69, 9.17) is 49.0 Å². The van der Waals surface area contributed by atoms with Gasteiger partial charge in [-0.1, -0.05) is 65.1 Å². The van der Waals surface area contributed by atoms with Crippen LogP contribution in [0.2, 0.25) is 15.1 Å². The lowest BCUT2D eigenvalue weighted by Crippen LogP contribution is -2.46. The Bertz CT molecular complexity index is 1460. The first kappa shape index (κ1) is 32.6. The molecule has 1 amide bonds. The normalized spacial score (nSPS) is 16.6. The SMILES string of the molecule is COCCc1ccc(Cl)c(CN(C(=O)C2=C(c3ccc(OCCOc4c(Cl)cccc4Cl)cc3)CCN[C@@H]2CO)C2CC2)c1. The third kappa shape index (κ3) is 8.08. The molecule has 2 aliphatic rings. The van der Waals surface area contributed by atoms with E-state index in [1.54, 1.807) is 25.3 Å². The molecule has 1 fully saturated rings. The predicted molar refractivity (Wildman–Crippen MR) is 175 cm³/mol. The van der Waals surface area contributed by atoms with Crippen LogP contribution in [0.1, 0.15) is 36.0 Å². The summed E-state index contributed by atoms with van der Waals surface area (Å²) < 4.78 is 16.8. The standard InChI is InChI=1S/C34H37Cl3N2O5/c1-42-16-14-22-5-12-28(35)24(19-22)20-39(25-8-9-25)34(41)32-27(13-15-38-31(32)21-40)23-6-10-26(11-7-23)43-17-18-44-33-29(36)3-2-4-30(33)37/h2-7,10-12,19,25,31,38,40H,8-9,13-18,20-21H2,1H3/t31-/m1/s1. The molecule has 1 heterocycles. The largest absolute Gasteiger partial charge is 0.490 e. The lowest BCUT2D eigenvalue weighted by atomic mass is 9.88. The van der Waals surface area contributed by atoms with Crippen molar-refractivity contribution in [2.45, 2.75) is 44.3 Å². The van der Waals surface area contributed by atoms with Crippen LogP contribution >= 0.6 is 34.8 Å². The van der Waals surface area contributed by atoms with Crippen molar-refractivity contribution in [1.29, 1.82) is 0 Å². The van der Waals surface area contributed by atoms with Crippen molar-refractivity contribution in [2.24, 2.45) is 0 Å². The van der Waals surface area contributed by atoms with Crippen molar-refractivity contribution in [3.63, 3.8) is 0 Å². The third-order valence-corrected chi connectivity index (χ3v) is 8.83. The minimum Gasteiger partial charge on any atom is -0.490 e. The number of aliphatic hydroxyl groups is 1. The van der Waals surface area contributed by atoms with E-state index in [1.165, 1.54) is 0 Å². The summed E-state index contributed by atoms with van der Waals surface area (Å²) >= 11 is 19.0. The summed E-state index contributed by atoms with van der Waals surface area (Å²) in [5, 5.41) is 15.2.